The SMILES string of the molecule is CC1=C(C(=O)c2ccccc2)CCCCC1. The van der Waals surface area contributed by atoms with E-state index in [0.29, 0.717) is 0 Å². The maximum atomic E-state index is 12.3. The lowest BCUT2D eigenvalue weighted by atomic mass is 9.96. The molecule has 0 unspecified atom stereocenters. The fraction of sp³-hybridized carbons (Fsp3) is 0.400. The van der Waals surface area contributed by atoms with Crippen LogP contribution in [0.25, 0.3) is 0 Å². The zero-order valence-electron chi connectivity index (χ0n) is 9.83. The highest BCUT2D eigenvalue weighted by molar-refractivity contribution is 6.09. The first-order valence-electron chi connectivity index (χ1n) is 6.07. The monoisotopic (exact) mass is 214 g/mol. The minimum Gasteiger partial charge on any atom is -0.289 e. The van der Waals surface area contributed by atoms with Crippen molar-refractivity contribution in [1.29, 1.82) is 0 Å². The minimum absolute atomic E-state index is 0.236. The second-order valence-electron chi connectivity index (χ2n) is 4.51. The molecule has 0 radical (unpaired) electrons. The summed E-state index contributed by atoms with van der Waals surface area (Å²) in [5.74, 6) is 0.236. The van der Waals surface area contributed by atoms with E-state index in [1.807, 2.05) is 30.3 Å². The number of hydrogen-bond acceptors (Lipinski definition) is 1. The molecular weight excluding hydrogens is 196 g/mol. The van der Waals surface area contributed by atoms with E-state index in [1.54, 1.807) is 0 Å². The van der Waals surface area contributed by atoms with E-state index in [2.05, 4.69) is 6.92 Å². The van der Waals surface area contributed by atoms with Crippen LogP contribution < -0.4 is 0 Å². The van der Waals surface area contributed by atoms with Crippen LogP contribution in [0.5, 0.6) is 0 Å². The third-order valence-electron chi connectivity index (χ3n) is 3.30. The smallest absolute Gasteiger partial charge is 0.188 e. The second kappa shape index (κ2) is 5.11. The summed E-state index contributed by atoms with van der Waals surface area (Å²) < 4.78 is 0. The summed E-state index contributed by atoms with van der Waals surface area (Å²) in [5, 5.41) is 0. The summed E-state index contributed by atoms with van der Waals surface area (Å²) in [6.07, 6.45) is 5.69. The van der Waals surface area contributed by atoms with Gasteiger partial charge in [-0.25, -0.2) is 0 Å². The zero-order chi connectivity index (χ0) is 11.4. The molecule has 1 aromatic rings. The lowest BCUT2D eigenvalue weighted by molar-refractivity contribution is 0.102. The summed E-state index contributed by atoms with van der Waals surface area (Å²) in [7, 11) is 0. The first-order valence-corrected chi connectivity index (χ1v) is 6.07. The first-order chi connectivity index (χ1) is 7.79. The maximum Gasteiger partial charge on any atom is 0.188 e. The molecule has 0 aliphatic heterocycles. The molecule has 0 saturated heterocycles. The van der Waals surface area contributed by atoms with Gasteiger partial charge in [-0.3, -0.25) is 4.79 Å². The van der Waals surface area contributed by atoms with E-state index in [4.69, 9.17) is 0 Å². The average Bonchev–Trinajstić information content (AvgIpc) is 2.54. The Morgan fingerprint density at radius 3 is 2.44 bits per heavy atom. The Balaban J connectivity index is 2.27. The Hall–Kier alpha value is -1.37. The Morgan fingerprint density at radius 2 is 1.69 bits per heavy atom. The number of hydrogen-bond donors (Lipinski definition) is 0. The lowest BCUT2D eigenvalue weighted by Crippen LogP contribution is -2.05. The lowest BCUT2D eigenvalue weighted by Gasteiger charge is -2.07. The van der Waals surface area contributed by atoms with Crippen LogP contribution in [0, 0.1) is 0 Å². The molecule has 0 saturated carbocycles. The third-order valence-corrected chi connectivity index (χ3v) is 3.30. The predicted molar refractivity (Wildman–Crippen MR) is 66.6 cm³/mol. The largest absolute Gasteiger partial charge is 0.289 e. The molecule has 84 valence electrons. The van der Waals surface area contributed by atoms with Crippen LogP contribution in [-0.2, 0) is 0 Å². The Labute approximate surface area is 97.2 Å². The molecule has 0 N–H and O–H groups in total. The van der Waals surface area contributed by atoms with Crippen LogP contribution in [0.1, 0.15) is 49.4 Å². The molecule has 2 rings (SSSR count). The van der Waals surface area contributed by atoms with Gasteiger partial charge in [-0.2, -0.15) is 0 Å². The minimum atomic E-state index is 0.236. The fourth-order valence-corrected chi connectivity index (χ4v) is 2.30. The Morgan fingerprint density at radius 1 is 1.00 bits per heavy atom. The van der Waals surface area contributed by atoms with E-state index in [1.165, 1.54) is 18.4 Å². The Kier molecular flexibility index (Phi) is 3.55. The summed E-state index contributed by atoms with van der Waals surface area (Å²) in [6.45, 7) is 2.11. The predicted octanol–water partition coefficient (Wildman–Crippen LogP) is 4.15. The van der Waals surface area contributed by atoms with Gasteiger partial charge < -0.3 is 0 Å². The summed E-state index contributed by atoms with van der Waals surface area (Å²) in [4.78, 5) is 12.3. The highest BCUT2D eigenvalue weighted by atomic mass is 16.1. The van der Waals surface area contributed by atoms with Gasteiger partial charge in [-0.1, -0.05) is 42.3 Å². The van der Waals surface area contributed by atoms with Gasteiger partial charge >= 0.3 is 0 Å². The topological polar surface area (TPSA) is 17.1 Å². The fourth-order valence-electron chi connectivity index (χ4n) is 2.30. The van der Waals surface area contributed by atoms with Crippen molar-refractivity contribution in [2.75, 3.05) is 0 Å². The molecule has 1 aliphatic carbocycles. The summed E-state index contributed by atoms with van der Waals surface area (Å²) in [6, 6.07) is 9.63. The van der Waals surface area contributed by atoms with Crippen LogP contribution >= 0.6 is 0 Å². The van der Waals surface area contributed by atoms with Gasteiger partial charge in [0, 0.05) is 5.56 Å². The van der Waals surface area contributed by atoms with Crippen molar-refractivity contribution in [1.82, 2.24) is 0 Å². The molecule has 0 bridgehead atoms. The van der Waals surface area contributed by atoms with Crippen molar-refractivity contribution in [2.24, 2.45) is 0 Å². The van der Waals surface area contributed by atoms with Crippen molar-refractivity contribution < 1.29 is 4.79 Å². The number of carbonyl (C=O) groups is 1. The molecule has 16 heavy (non-hydrogen) atoms. The van der Waals surface area contributed by atoms with Crippen molar-refractivity contribution in [3.05, 3.63) is 47.0 Å². The zero-order valence-corrected chi connectivity index (χ0v) is 9.83. The highest BCUT2D eigenvalue weighted by Gasteiger charge is 2.16. The molecular formula is C15H18O. The summed E-state index contributed by atoms with van der Waals surface area (Å²) >= 11 is 0. The van der Waals surface area contributed by atoms with E-state index in [-0.39, 0.29) is 5.78 Å². The molecule has 0 fully saturated rings. The molecule has 1 aromatic carbocycles. The van der Waals surface area contributed by atoms with Gasteiger partial charge in [-0.05, 0) is 38.2 Å². The standard InChI is InChI=1S/C15H18O/c1-12-8-4-2-7-11-14(12)15(16)13-9-5-3-6-10-13/h3,5-6,9-10H,2,4,7-8,11H2,1H3. The van der Waals surface area contributed by atoms with Crippen molar-refractivity contribution in [2.45, 2.75) is 39.0 Å². The molecule has 1 aliphatic rings. The maximum absolute atomic E-state index is 12.3. The first kappa shape index (κ1) is 11.1. The van der Waals surface area contributed by atoms with Gasteiger partial charge in [-0.15, -0.1) is 0 Å². The molecule has 1 heteroatoms. The van der Waals surface area contributed by atoms with Crippen LogP contribution in [0.4, 0.5) is 0 Å². The van der Waals surface area contributed by atoms with Crippen LogP contribution in [0.2, 0.25) is 0 Å². The molecule has 1 nitrogen and oxygen atoms in total. The molecule has 0 amide bonds. The van der Waals surface area contributed by atoms with Gasteiger partial charge in [0.1, 0.15) is 0 Å². The normalized spacial score (nSPS) is 17.1. The second-order valence-corrected chi connectivity index (χ2v) is 4.51. The van der Waals surface area contributed by atoms with Gasteiger partial charge in [0.15, 0.2) is 5.78 Å². The molecule has 0 atom stereocenters. The number of rotatable bonds is 2. The van der Waals surface area contributed by atoms with Gasteiger partial charge in [0.2, 0.25) is 0 Å². The number of benzene rings is 1. The van der Waals surface area contributed by atoms with Crippen molar-refractivity contribution >= 4 is 5.78 Å². The van der Waals surface area contributed by atoms with Crippen LogP contribution in [-0.4, -0.2) is 5.78 Å². The third kappa shape index (κ3) is 2.41. The number of allylic oxidation sites excluding steroid dienone is 2. The van der Waals surface area contributed by atoms with E-state index in [0.717, 1.165) is 30.4 Å². The number of carbonyl (C=O) groups excluding carboxylic acids is 1. The Bertz CT molecular complexity index is 401. The summed E-state index contributed by atoms with van der Waals surface area (Å²) in [5.41, 5.74) is 3.19. The van der Waals surface area contributed by atoms with Crippen LogP contribution in [0.15, 0.2) is 41.5 Å². The number of ketones is 1. The molecule has 0 spiro atoms. The highest BCUT2D eigenvalue weighted by Crippen LogP contribution is 2.26. The molecule has 0 aromatic heterocycles. The average molecular weight is 214 g/mol. The van der Waals surface area contributed by atoms with E-state index < -0.39 is 0 Å². The van der Waals surface area contributed by atoms with Crippen molar-refractivity contribution in [3.63, 3.8) is 0 Å². The van der Waals surface area contributed by atoms with E-state index in [9.17, 15) is 4.79 Å². The number of Topliss-reactive ketones (excluding diaryl/α,β-unsaturated/α-hetero) is 1. The van der Waals surface area contributed by atoms with E-state index >= 15 is 0 Å². The van der Waals surface area contributed by atoms with Gasteiger partial charge in [0.25, 0.3) is 0 Å². The van der Waals surface area contributed by atoms with Crippen LogP contribution in [0.3, 0.4) is 0 Å². The van der Waals surface area contributed by atoms with Crippen molar-refractivity contribution in [3.8, 4) is 0 Å². The molecule has 0 heterocycles. The van der Waals surface area contributed by atoms with Gasteiger partial charge in [0.05, 0.1) is 0 Å². The quantitative estimate of drug-likeness (QED) is 0.676.